The summed E-state index contributed by atoms with van der Waals surface area (Å²) in [5.74, 6) is -0.424. The molecule has 2 heterocycles. The fraction of sp³-hybridized carbons (Fsp3) is 0.680. The Morgan fingerprint density at radius 3 is 2.22 bits per heavy atom. The lowest BCUT2D eigenvalue weighted by molar-refractivity contribution is -0.140. The number of carbonyl (C=O) groups excluding carboxylic acids is 2. The second-order valence-electron chi connectivity index (χ2n) is 11.0. The number of amides is 2. The maximum Gasteiger partial charge on any atom is 0.417 e. The van der Waals surface area contributed by atoms with Crippen molar-refractivity contribution in [3.05, 3.63) is 29.3 Å². The highest BCUT2D eigenvalue weighted by Gasteiger charge is 2.41. The molecule has 1 N–H and O–H groups in total. The molecule has 0 aromatic heterocycles. The highest BCUT2D eigenvalue weighted by atomic mass is 32.2. The van der Waals surface area contributed by atoms with E-state index in [2.05, 4.69) is 4.72 Å². The number of halogens is 3. The van der Waals surface area contributed by atoms with Gasteiger partial charge in [0.2, 0.25) is 15.9 Å². The first-order valence-electron chi connectivity index (χ1n) is 12.5. The van der Waals surface area contributed by atoms with Gasteiger partial charge in [-0.3, -0.25) is 9.69 Å². The number of hydrogen-bond donors (Lipinski definition) is 1. The van der Waals surface area contributed by atoms with Crippen LogP contribution in [0.5, 0.6) is 0 Å². The fourth-order valence-corrected chi connectivity index (χ4v) is 6.15. The van der Waals surface area contributed by atoms with Gasteiger partial charge in [0.05, 0.1) is 10.5 Å². The van der Waals surface area contributed by atoms with Crippen LogP contribution in [0.3, 0.4) is 0 Å². The smallest absolute Gasteiger partial charge is 0.417 e. The van der Waals surface area contributed by atoms with Gasteiger partial charge >= 0.3 is 12.3 Å². The van der Waals surface area contributed by atoms with Gasteiger partial charge in [0.1, 0.15) is 11.6 Å². The van der Waals surface area contributed by atoms with Gasteiger partial charge in [-0.15, -0.1) is 0 Å². The normalized spacial score (nSPS) is 20.0. The van der Waals surface area contributed by atoms with Gasteiger partial charge < -0.3 is 9.64 Å². The second-order valence-corrected chi connectivity index (χ2v) is 12.6. The van der Waals surface area contributed by atoms with Crippen LogP contribution < -0.4 is 4.72 Å². The molecule has 0 radical (unpaired) electrons. The van der Waals surface area contributed by atoms with E-state index in [1.54, 1.807) is 39.5 Å². The zero-order valence-electron chi connectivity index (χ0n) is 21.9. The van der Waals surface area contributed by atoms with Crippen molar-refractivity contribution >= 4 is 22.0 Å². The number of piperidine rings is 1. The maximum absolute atomic E-state index is 13.7. The van der Waals surface area contributed by atoms with E-state index in [1.165, 1.54) is 11.0 Å². The first-order chi connectivity index (χ1) is 17.0. The second kappa shape index (κ2) is 10.8. The number of ether oxygens (including phenoxy) is 1. The molecule has 0 unspecified atom stereocenters. The molecule has 12 heteroatoms. The first-order valence-corrected chi connectivity index (χ1v) is 14.0. The van der Waals surface area contributed by atoms with Crippen molar-refractivity contribution in [2.75, 3.05) is 19.6 Å². The van der Waals surface area contributed by atoms with Gasteiger partial charge in [0.15, 0.2) is 0 Å². The van der Waals surface area contributed by atoms with E-state index in [1.807, 2.05) is 0 Å². The molecule has 2 aliphatic heterocycles. The van der Waals surface area contributed by atoms with Crippen LogP contribution in [0.15, 0.2) is 23.1 Å². The van der Waals surface area contributed by atoms with Gasteiger partial charge in [-0.25, -0.2) is 17.9 Å². The van der Waals surface area contributed by atoms with Crippen LogP contribution in [0.25, 0.3) is 0 Å². The standard InChI is InChI=1S/C25H36F3N3O5S/c1-16(2)17-8-9-21(19(15-17)25(26,27)28)37(34,35)29-18-10-13-30(14-11-18)22(32)20-7-6-12-31(20)23(33)36-24(3,4)5/h8-9,15-16,18,20,29H,6-7,10-14H2,1-5H3/t20-/m0/s1. The molecule has 2 fully saturated rings. The Balaban J connectivity index is 1.66. The molecule has 1 aromatic rings. The summed E-state index contributed by atoms with van der Waals surface area (Å²) in [6.45, 7) is 9.58. The molecule has 2 aliphatic rings. The number of likely N-dealkylation sites (tertiary alicyclic amines) is 2. The van der Waals surface area contributed by atoms with Gasteiger partial charge in [0.25, 0.3) is 0 Å². The molecule has 1 aromatic carbocycles. The largest absolute Gasteiger partial charge is 0.444 e. The van der Waals surface area contributed by atoms with Crippen molar-refractivity contribution in [3.8, 4) is 0 Å². The number of hydrogen-bond acceptors (Lipinski definition) is 5. The Hall–Kier alpha value is -2.34. The number of nitrogens with one attached hydrogen (secondary N) is 1. The first kappa shape index (κ1) is 29.2. The minimum absolute atomic E-state index is 0.196. The minimum atomic E-state index is -4.83. The van der Waals surface area contributed by atoms with Crippen molar-refractivity contribution in [1.82, 2.24) is 14.5 Å². The lowest BCUT2D eigenvalue weighted by Gasteiger charge is -2.36. The highest BCUT2D eigenvalue weighted by Crippen LogP contribution is 2.36. The number of sulfonamides is 1. The van der Waals surface area contributed by atoms with Crippen LogP contribution in [0.4, 0.5) is 18.0 Å². The molecule has 37 heavy (non-hydrogen) atoms. The lowest BCUT2D eigenvalue weighted by atomic mass is 10.0. The number of rotatable bonds is 5. The van der Waals surface area contributed by atoms with Gasteiger partial charge in [-0.2, -0.15) is 13.2 Å². The molecule has 2 amide bonds. The van der Waals surface area contributed by atoms with Crippen LogP contribution in [0.2, 0.25) is 0 Å². The van der Waals surface area contributed by atoms with E-state index in [9.17, 15) is 31.2 Å². The summed E-state index contributed by atoms with van der Waals surface area (Å²) in [4.78, 5) is 27.9. The molecule has 0 spiro atoms. The minimum Gasteiger partial charge on any atom is -0.444 e. The Morgan fingerprint density at radius 2 is 1.68 bits per heavy atom. The molecule has 0 bridgehead atoms. The van der Waals surface area contributed by atoms with E-state index < -0.39 is 50.4 Å². The van der Waals surface area contributed by atoms with Crippen LogP contribution in [0, 0.1) is 0 Å². The zero-order valence-corrected chi connectivity index (χ0v) is 22.7. The van der Waals surface area contributed by atoms with E-state index >= 15 is 0 Å². The number of benzene rings is 1. The summed E-state index contributed by atoms with van der Waals surface area (Å²) in [6.07, 6.45) is -3.70. The van der Waals surface area contributed by atoms with Gasteiger partial charge in [-0.05, 0) is 70.1 Å². The zero-order chi connectivity index (χ0) is 27.8. The molecule has 3 rings (SSSR count). The average molecular weight is 548 g/mol. The van der Waals surface area contributed by atoms with Gasteiger partial charge in [0, 0.05) is 25.7 Å². The third-order valence-electron chi connectivity index (χ3n) is 6.56. The topological polar surface area (TPSA) is 96.0 Å². The van der Waals surface area contributed by atoms with Crippen LogP contribution >= 0.6 is 0 Å². The third kappa shape index (κ3) is 7.16. The van der Waals surface area contributed by atoms with E-state index in [0.717, 1.165) is 12.1 Å². The maximum atomic E-state index is 13.7. The van der Waals surface area contributed by atoms with Crippen LogP contribution in [0.1, 0.15) is 77.3 Å². The van der Waals surface area contributed by atoms with E-state index in [-0.39, 0.29) is 37.8 Å². The third-order valence-corrected chi connectivity index (χ3v) is 8.14. The SMILES string of the molecule is CC(C)c1ccc(S(=O)(=O)NC2CCN(C(=O)[C@@H]3CCCN3C(=O)OC(C)(C)C)CC2)c(C(F)(F)F)c1. The average Bonchev–Trinajstić information content (AvgIpc) is 3.27. The van der Waals surface area contributed by atoms with Crippen molar-refractivity contribution in [3.63, 3.8) is 0 Å². The summed E-state index contributed by atoms with van der Waals surface area (Å²) in [5.41, 5.74) is -1.49. The Labute approximate surface area is 216 Å². The van der Waals surface area contributed by atoms with Crippen molar-refractivity contribution in [2.24, 2.45) is 0 Å². The summed E-state index contributed by atoms with van der Waals surface area (Å²) in [6, 6.07) is 2.03. The summed E-state index contributed by atoms with van der Waals surface area (Å²) in [7, 11) is -4.45. The lowest BCUT2D eigenvalue weighted by Crippen LogP contribution is -2.53. The molecule has 1 atom stereocenters. The molecule has 0 saturated carbocycles. The van der Waals surface area contributed by atoms with E-state index in [4.69, 9.17) is 4.74 Å². The van der Waals surface area contributed by atoms with Crippen LogP contribution in [-0.4, -0.2) is 67.5 Å². The predicted octanol–water partition coefficient (Wildman–Crippen LogP) is 4.50. The number of carbonyl (C=O) groups is 2. The van der Waals surface area contributed by atoms with Crippen molar-refractivity contribution in [2.45, 2.75) is 95.0 Å². The molecule has 208 valence electrons. The molecular formula is C25H36F3N3O5S. The monoisotopic (exact) mass is 547 g/mol. The number of nitrogens with zero attached hydrogens (tertiary/aromatic N) is 2. The fourth-order valence-electron chi connectivity index (χ4n) is 4.64. The molecule has 2 saturated heterocycles. The summed E-state index contributed by atoms with van der Waals surface area (Å²) in [5, 5.41) is 0. The Kier molecular flexibility index (Phi) is 8.53. The quantitative estimate of drug-likeness (QED) is 0.586. The predicted molar refractivity (Wildman–Crippen MR) is 131 cm³/mol. The van der Waals surface area contributed by atoms with Gasteiger partial charge in [-0.1, -0.05) is 19.9 Å². The van der Waals surface area contributed by atoms with Crippen molar-refractivity contribution in [1.29, 1.82) is 0 Å². The Bertz CT molecular complexity index is 1110. The summed E-state index contributed by atoms with van der Waals surface area (Å²) < 4.78 is 74.8. The highest BCUT2D eigenvalue weighted by molar-refractivity contribution is 7.89. The van der Waals surface area contributed by atoms with E-state index in [0.29, 0.717) is 24.9 Å². The molecule has 0 aliphatic carbocycles. The summed E-state index contributed by atoms with van der Waals surface area (Å²) >= 11 is 0. The molecular weight excluding hydrogens is 511 g/mol. The van der Waals surface area contributed by atoms with Crippen molar-refractivity contribution < 1.29 is 35.9 Å². The Morgan fingerprint density at radius 1 is 1.05 bits per heavy atom. The molecule has 8 nitrogen and oxygen atoms in total. The number of alkyl halides is 3. The van der Waals surface area contributed by atoms with Crippen LogP contribution in [-0.2, 0) is 25.7 Å².